The predicted molar refractivity (Wildman–Crippen MR) is 113 cm³/mol. The molecule has 0 radical (unpaired) electrons. The number of benzene rings is 2. The van der Waals surface area contributed by atoms with Crippen molar-refractivity contribution >= 4 is 29.2 Å². The Morgan fingerprint density at radius 2 is 1.77 bits per heavy atom. The number of rotatable bonds is 6. The van der Waals surface area contributed by atoms with E-state index in [0.717, 1.165) is 0 Å². The highest BCUT2D eigenvalue weighted by atomic mass is 16.5. The molecule has 1 N–H and O–H groups in total. The van der Waals surface area contributed by atoms with Crippen LogP contribution in [-0.4, -0.2) is 31.5 Å². The lowest BCUT2D eigenvalue weighted by Gasteiger charge is -2.33. The molecule has 0 aromatic heterocycles. The van der Waals surface area contributed by atoms with Crippen molar-refractivity contribution in [2.24, 2.45) is 5.92 Å². The maximum absolute atomic E-state index is 13.0. The molecule has 3 rings (SSSR count). The van der Waals surface area contributed by atoms with Gasteiger partial charge in [-0.2, -0.15) is 0 Å². The highest BCUT2D eigenvalue weighted by Crippen LogP contribution is 2.34. The fraction of sp³-hybridized carbons (Fsp3) is 0.261. The van der Waals surface area contributed by atoms with Gasteiger partial charge in [0.25, 0.3) is 0 Å². The summed E-state index contributed by atoms with van der Waals surface area (Å²) in [6.07, 6.45) is -0.137. The van der Waals surface area contributed by atoms with Crippen LogP contribution in [0.4, 0.5) is 11.4 Å². The Labute approximate surface area is 175 Å². The molecule has 30 heavy (non-hydrogen) atoms. The third kappa shape index (κ3) is 4.35. The summed E-state index contributed by atoms with van der Waals surface area (Å²) in [5.41, 5.74) is 1.76. The van der Waals surface area contributed by atoms with Crippen LogP contribution in [0.15, 0.2) is 65.9 Å². The smallest absolute Gasteiger partial charge is 0.336 e. The molecule has 1 aliphatic heterocycles. The van der Waals surface area contributed by atoms with E-state index < -0.39 is 17.8 Å². The van der Waals surface area contributed by atoms with Gasteiger partial charge in [-0.05, 0) is 50.2 Å². The SMILES string of the molecule is CCOC(=O)C1=C(C)N(c2ccccc2)C(=O)C[C@@H]1C(=O)Nc1ccc(OC)cc1. The van der Waals surface area contributed by atoms with E-state index in [0.29, 0.717) is 22.8 Å². The number of anilines is 2. The summed E-state index contributed by atoms with van der Waals surface area (Å²) in [5, 5.41) is 2.78. The van der Waals surface area contributed by atoms with Crippen LogP contribution in [0.3, 0.4) is 0 Å². The Morgan fingerprint density at radius 3 is 2.37 bits per heavy atom. The zero-order valence-corrected chi connectivity index (χ0v) is 17.2. The summed E-state index contributed by atoms with van der Waals surface area (Å²) in [5.74, 6) is -1.59. The van der Waals surface area contributed by atoms with Gasteiger partial charge in [0.1, 0.15) is 5.75 Å². The number of nitrogens with one attached hydrogen (secondary N) is 1. The van der Waals surface area contributed by atoms with E-state index >= 15 is 0 Å². The van der Waals surface area contributed by atoms with Crippen LogP contribution >= 0.6 is 0 Å². The van der Waals surface area contributed by atoms with Gasteiger partial charge in [-0.15, -0.1) is 0 Å². The highest BCUT2D eigenvalue weighted by molar-refractivity contribution is 6.10. The highest BCUT2D eigenvalue weighted by Gasteiger charge is 2.40. The van der Waals surface area contributed by atoms with Crippen molar-refractivity contribution in [2.75, 3.05) is 23.9 Å². The average Bonchev–Trinajstić information content (AvgIpc) is 2.74. The molecule has 0 aliphatic carbocycles. The number of carbonyl (C=O) groups is 3. The lowest BCUT2D eigenvalue weighted by Crippen LogP contribution is -2.43. The molecular formula is C23H24N2O5. The van der Waals surface area contributed by atoms with Gasteiger partial charge >= 0.3 is 5.97 Å². The molecule has 1 heterocycles. The monoisotopic (exact) mass is 408 g/mol. The second-order valence-electron chi connectivity index (χ2n) is 6.76. The van der Waals surface area contributed by atoms with Crippen LogP contribution in [0, 0.1) is 5.92 Å². The Morgan fingerprint density at radius 1 is 1.10 bits per heavy atom. The number of amides is 2. The first-order valence-electron chi connectivity index (χ1n) is 9.67. The van der Waals surface area contributed by atoms with E-state index in [9.17, 15) is 14.4 Å². The first-order chi connectivity index (χ1) is 14.5. The third-order valence-corrected chi connectivity index (χ3v) is 4.89. The maximum Gasteiger partial charge on any atom is 0.336 e. The lowest BCUT2D eigenvalue weighted by molar-refractivity contribution is -0.141. The minimum Gasteiger partial charge on any atom is -0.497 e. The van der Waals surface area contributed by atoms with Gasteiger partial charge < -0.3 is 14.8 Å². The Balaban J connectivity index is 1.95. The number of methoxy groups -OCH3 is 1. The van der Waals surface area contributed by atoms with E-state index in [-0.39, 0.29) is 24.5 Å². The third-order valence-electron chi connectivity index (χ3n) is 4.89. The minimum absolute atomic E-state index is 0.137. The quantitative estimate of drug-likeness (QED) is 0.739. The van der Waals surface area contributed by atoms with Crippen molar-refractivity contribution in [1.29, 1.82) is 0 Å². The molecule has 7 heteroatoms. The minimum atomic E-state index is -0.946. The van der Waals surface area contributed by atoms with Crippen molar-refractivity contribution in [3.63, 3.8) is 0 Å². The number of esters is 1. The molecule has 1 atom stereocenters. The van der Waals surface area contributed by atoms with Crippen LogP contribution in [0.25, 0.3) is 0 Å². The molecule has 2 amide bonds. The van der Waals surface area contributed by atoms with Crippen LogP contribution in [-0.2, 0) is 19.1 Å². The summed E-state index contributed by atoms with van der Waals surface area (Å²) in [4.78, 5) is 40.1. The molecule has 1 aliphatic rings. The zero-order valence-electron chi connectivity index (χ0n) is 17.2. The normalized spacial score (nSPS) is 16.3. The standard InChI is InChI=1S/C23H24N2O5/c1-4-30-23(28)21-15(2)25(17-8-6-5-7-9-17)20(26)14-19(21)22(27)24-16-10-12-18(29-3)13-11-16/h5-13,19H,4,14H2,1-3H3,(H,24,27)/t19-/m0/s1. The molecule has 0 fully saturated rings. The van der Waals surface area contributed by atoms with Gasteiger partial charge in [-0.1, -0.05) is 18.2 Å². The van der Waals surface area contributed by atoms with Crippen LogP contribution in [0.2, 0.25) is 0 Å². The summed E-state index contributed by atoms with van der Waals surface area (Å²) < 4.78 is 10.3. The van der Waals surface area contributed by atoms with E-state index in [1.165, 1.54) is 4.90 Å². The van der Waals surface area contributed by atoms with Crippen LogP contribution in [0.1, 0.15) is 20.3 Å². The van der Waals surface area contributed by atoms with Gasteiger partial charge in [0.05, 0.1) is 25.2 Å². The molecule has 2 aromatic rings. The Bertz CT molecular complexity index is 967. The average molecular weight is 408 g/mol. The number of para-hydroxylation sites is 1. The number of hydrogen-bond donors (Lipinski definition) is 1. The second kappa shape index (κ2) is 9.26. The summed E-state index contributed by atoms with van der Waals surface area (Å²) in [6, 6.07) is 15.8. The Kier molecular flexibility index (Phi) is 6.51. The number of nitrogens with zero attached hydrogens (tertiary/aromatic N) is 1. The molecule has 0 saturated heterocycles. The molecule has 0 bridgehead atoms. The molecule has 0 saturated carbocycles. The fourth-order valence-corrected chi connectivity index (χ4v) is 3.47. The number of allylic oxidation sites excluding steroid dienone is 1. The van der Waals surface area contributed by atoms with Gasteiger partial charge in [0.2, 0.25) is 11.8 Å². The van der Waals surface area contributed by atoms with E-state index in [4.69, 9.17) is 9.47 Å². The number of hydrogen-bond acceptors (Lipinski definition) is 5. The van der Waals surface area contributed by atoms with E-state index in [2.05, 4.69) is 5.32 Å². The molecule has 2 aromatic carbocycles. The number of ether oxygens (including phenoxy) is 2. The molecular weight excluding hydrogens is 384 g/mol. The molecule has 156 valence electrons. The first kappa shape index (κ1) is 21.1. The maximum atomic E-state index is 13.0. The number of carbonyl (C=O) groups excluding carboxylic acids is 3. The van der Waals surface area contributed by atoms with Gasteiger partial charge in [0.15, 0.2) is 0 Å². The van der Waals surface area contributed by atoms with Gasteiger partial charge in [0, 0.05) is 23.5 Å². The second-order valence-corrected chi connectivity index (χ2v) is 6.76. The van der Waals surface area contributed by atoms with E-state index in [1.807, 2.05) is 18.2 Å². The largest absolute Gasteiger partial charge is 0.497 e. The van der Waals surface area contributed by atoms with Gasteiger partial charge in [-0.3, -0.25) is 14.5 Å². The lowest BCUT2D eigenvalue weighted by atomic mass is 9.88. The fourth-order valence-electron chi connectivity index (χ4n) is 3.47. The van der Waals surface area contributed by atoms with Crippen molar-refractivity contribution in [1.82, 2.24) is 0 Å². The molecule has 7 nitrogen and oxygen atoms in total. The molecule has 0 unspecified atom stereocenters. The van der Waals surface area contributed by atoms with Crippen LogP contribution < -0.4 is 15.0 Å². The van der Waals surface area contributed by atoms with Crippen molar-refractivity contribution in [3.05, 3.63) is 65.9 Å². The van der Waals surface area contributed by atoms with E-state index in [1.54, 1.807) is 57.4 Å². The van der Waals surface area contributed by atoms with Crippen molar-refractivity contribution in [3.8, 4) is 5.75 Å². The summed E-state index contributed by atoms with van der Waals surface area (Å²) in [7, 11) is 1.55. The summed E-state index contributed by atoms with van der Waals surface area (Å²) >= 11 is 0. The topological polar surface area (TPSA) is 84.9 Å². The first-order valence-corrected chi connectivity index (χ1v) is 9.67. The molecule has 0 spiro atoms. The van der Waals surface area contributed by atoms with Crippen molar-refractivity contribution < 1.29 is 23.9 Å². The summed E-state index contributed by atoms with van der Waals surface area (Å²) in [6.45, 7) is 3.52. The predicted octanol–water partition coefficient (Wildman–Crippen LogP) is 3.52. The zero-order chi connectivity index (χ0) is 21.7. The van der Waals surface area contributed by atoms with Crippen molar-refractivity contribution in [2.45, 2.75) is 20.3 Å². The van der Waals surface area contributed by atoms with Crippen LogP contribution in [0.5, 0.6) is 5.75 Å². The van der Waals surface area contributed by atoms with Gasteiger partial charge in [-0.25, -0.2) is 4.79 Å². The Hall–Kier alpha value is -3.61.